The van der Waals surface area contributed by atoms with Crippen LogP contribution >= 0.6 is 0 Å². The zero-order chi connectivity index (χ0) is 17.9. The molecule has 0 heterocycles. The van der Waals surface area contributed by atoms with Gasteiger partial charge in [0.1, 0.15) is 6.61 Å². The number of hydrogen-bond acceptors (Lipinski definition) is 5. The molecule has 24 heavy (non-hydrogen) atoms. The molecular formula is C17H28N4O3. The van der Waals surface area contributed by atoms with Crippen molar-refractivity contribution in [2.24, 2.45) is 16.8 Å². The van der Waals surface area contributed by atoms with Crippen molar-refractivity contribution in [2.75, 3.05) is 31.6 Å². The third-order valence-corrected chi connectivity index (χ3v) is 3.41. The third-order valence-electron chi connectivity index (χ3n) is 3.41. The zero-order valence-electron chi connectivity index (χ0n) is 14.7. The first-order chi connectivity index (χ1) is 11.4. The van der Waals surface area contributed by atoms with E-state index in [-0.39, 0.29) is 13.2 Å². The standard InChI is InChI=1S/C17H28N4O3/c1-14(2)13-15-5-7-16(8-6-15)20(3)10-4-9-19-24-12-11-21(23)17(18)22/h5-9,14,23H,4,10-13H2,1-3H3,(H2,18,22)/b19-9+. The van der Waals surface area contributed by atoms with Gasteiger partial charge in [-0.2, -0.15) is 0 Å². The van der Waals surface area contributed by atoms with Crippen LogP contribution in [0.3, 0.4) is 0 Å². The number of primary amides is 1. The highest BCUT2D eigenvalue weighted by atomic mass is 16.6. The first-order valence-corrected chi connectivity index (χ1v) is 8.10. The highest BCUT2D eigenvalue weighted by Gasteiger charge is 2.04. The molecule has 2 amide bonds. The zero-order valence-corrected chi connectivity index (χ0v) is 14.7. The topological polar surface area (TPSA) is 91.4 Å². The molecule has 0 bridgehead atoms. The van der Waals surface area contributed by atoms with Gasteiger partial charge in [-0.15, -0.1) is 0 Å². The number of nitrogens with two attached hydrogens (primary N) is 1. The van der Waals surface area contributed by atoms with E-state index in [9.17, 15) is 4.79 Å². The minimum absolute atomic E-state index is 0.0185. The normalized spacial score (nSPS) is 11.0. The maximum absolute atomic E-state index is 10.5. The number of anilines is 1. The fraction of sp³-hybridized carbons (Fsp3) is 0.529. The van der Waals surface area contributed by atoms with Crippen LogP contribution in [0.5, 0.6) is 0 Å². The second-order valence-corrected chi connectivity index (χ2v) is 6.06. The Morgan fingerprint density at radius 2 is 2.00 bits per heavy atom. The summed E-state index contributed by atoms with van der Waals surface area (Å²) in [5, 5.41) is 13.2. The largest absolute Gasteiger partial charge is 0.394 e. The number of carbonyl (C=O) groups is 1. The molecule has 1 rings (SSSR count). The Morgan fingerprint density at radius 3 is 2.58 bits per heavy atom. The van der Waals surface area contributed by atoms with E-state index >= 15 is 0 Å². The average molecular weight is 336 g/mol. The summed E-state index contributed by atoms with van der Waals surface area (Å²) in [6.45, 7) is 5.31. The lowest BCUT2D eigenvalue weighted by Crippen LogP contribution is -2.34. The third kappa shape index (κ3) is 7.82. The lowest BCUT2D eigenvalue weighted by Gasteiger charge is -2.18. The van der Waals surface area contributed by atoms with Crippen molar-refractivity contribution >= 4 is 17.9 Å². The van der Waals surface area contributed by atoms with Crippen molar-refractivity contribution in [3.05, 3.63) is 29.8 Å². The minimum atomic E-state index is -0.913. The van der Waals surface area contributed by atoms with Crippen LogP contribution < -0.4 is 10.6 Å². The van der Waals surface area contributed by atoms with Crippen LogP contribution in [-0.2, 0) is 11.3 Å². The van der Waals surface area contributed by atoms with E-state index in [1.54, 1.807) is 6.21 Å². The molecule has 0 aliphatic heterocycles. The molecule has 0 atom stereocenters. The second kappa shape index (κ2) is 10.5. The van der Waals surface area contributed by atoms with Crippen LogP contribution in [0.1, 0.15) is 25.8 Å². The van der Waals surface area contributed by atoms with E-state index in [0.29, 0.717) is 11.0 Å². The molecule has 0 saturated carbocycles. The van der Waals surface area contributed by atoms with Gasteiger partial charge in [-0.25, -0.2) is 9.86 Å². The molecule has 7 heteroatoms. The molecule has 0 aliphatic rings. The number of oxime groups is 1. The number of amides is 2. The summed E-state index contributed by atoms with van der Waals surface area (Å²) in [4.78, 5) is 17.6. The Bertz CT molecular complexity index is 517. The van der Waals surface area contributed by atoms with Gasteiger partial charge in [0, 0.05) is 31.9 Å². The molecule has 134 valence electrons. The molecule has 0 spiro atoms. The Labute approximate surface area is 143 Å². The summed E-state index contributed by atoms with van der Waals surface area (Å²) < 4.78 is 0. The molecule has 1 aromatic rings. The summed E-state index contributed by atoms with van der Waals surface area (Å²) in [5.41, 5.74) is 7.37. The number of carbonyl (C=O) groups excluding carboxylic acids is 1. The molecule has 0 unspecified atom stereocenters. The predicted octanol–water partition coefficient (Wildman–Crippen LogP) is 2.48. The van der Waals surface area contributed by atoms with Crippen molar-refractivity contribution in [1.29, 1.82) is 0 Å². The van der Waals surface area contributed by atoms with Gasteiger partial charge in [0.15, 0.2) is 0 Å². The van der Waals surface area contributed by atoms with E-state index in [0.717, 1.165) is 25.1 Å². The number of nitrogens with zero attached hydrogens (tertiary/aromatic N) is 3. The number of rotatable bonds is 10. The molecular weight excluding hydrogens is 308 g/mol. The Balaban J connectivity index is 2.24. The van der Waals surface area contributed by atoms with Crippen LogP contribution in [0.25, 0.3) is 0 Å². The van der Waals surface area contributed by atoms with Crippen LogP contribution in [0, 0.1) is 5.92 Å². The van der Waals surface area contributed by atoms with E-state index in [1.807, 2.05) is 7.05 Å². The number of urea groups is 1. The lowest BCUT2D eigenvalue weighted by molar-refractivity contribution is -0.0560. The summed E-state index contributed by atoms with van der Waals surface area (Å²) >= 11 is 0. The summed E-state index contributed by atoms with van der Waals surface area (Å²) in [6, 6.07) is 7.68. The van der Waals surface area contributed by atoms with Crippen molar-refractivity contribution in [2.45, 2.75) is 26.7 Å². The second-order valence-electron chi connectivity index (χ2n) is 6.06. The van der Waals surface area contributed by atoms with Gasteiger partial charge < -0.3 is 15.5 Å². The van der Waals surface area contributed by atoms with Gasteiger partial charge in [-0.1, -0.05) is 31.1 Å². The average Bonchev–Trinajstić information content (AvgIpc) is 2.53. The first-order valence-electron chi connectivity index (χ1n) is 8.10. The Morgan fingerprint density at radius 1 is 1.33 bits per heavy atom. The molecule has 0 radical (unpaired) electrons. The van der Waals surface area contributed by atoms with Gasteiger partial charge in [0.2, 0.25) is 0 Å². The highest BCUT2D eigenvalue weighted by Crippen LogP contribution is 2.16. The number of benzene rings is 1. The SMILES string of the molecule is CC(C)Cc1ccc(N(C)CC/C=N/OCCN(O)C(N)=O)cc1. The van der Waals surface area contributed by atoms with E-state index in [4.69, 9.17) is 15.8 Å². The smallest absolute Gasteiger partial charge is 0.338 e. The first kappa shape index (κ1) is 19.8. The number of hydroxylamine groups is 2. The van der Waals surface area contributed by atoms with Gasteiger partial charge >= 0.3 is 6.03 Å². The van der Waals surface area contributed by atoms with Gasteiger partial charge in [-0.05, 0) is 30.0 Å². The fourth-order valence-electron chi connectivity index (χ4n) is 2.13. The summed E-state index contributed by atoms with van der Waals surface area (Å²) in [7, 11) is 2.03. The molecule has 0 fully saturated rings. The molecule has 3 N–H and O–H groups in total. The quantitative estimate of drug-likeness (QED) is 0.297. The molecule has 0 saturated heterocycles. The van der Waals surface area contributed by atoms with E-state index in [2.05, 4.69) is 48.2 Å². The fourth-order valence-corrected chi connectivity index (χ4v) is 2.13. The molecule has 1 aromatic carbocycles. The minimum Gasteiger partial charge on any atom is -0.394 e. The monoisotopic (exact) mass is 336 g/mol. The van der Waals surface area contributed by atoms with Crippen molar-refractivity contribution in [3.8, 4) is 0 Å². The highest BCUT2D eigenvalue weighted by molar-refractivity contribution is 5.70. The van der Waals surface area contributed by atoms with E-state index < -0.39 is 6.03 Å². The lowest BCUT2D eigenvalue weighted by atomic mass is 10.0. The number of hydrogen-bond donors (Lipinski definition) is 2. The summed E-state index contributed by atoms with van der Waals surface area (Å²) in [5.74, 6) is 0.658. The molecule has 0 aromatic heterocycles. The summed E-state index contributed by atoms with van der Waals surface area (Å²) in [6.07, 6.45) is 3.48. The maximum Gasteiger partial charge on any atom is 0.338 e. The predicted molar refractivity (Wildman–Crippen MR) is 95.4 cm³/mol. The van der Waals surface area contributed by atoms with Crippen molar-refractivity contribution in [1.82, 2.24) is 5.06 Å². The Kier molecular flexibility index (Phi) is 8.64. The van der Waals surface area contributed by atoms with Crippen molar-refractivity contribution in [3.63, 3.8) is 0 Å². The van der Waals surface area contributed by atoms with Crippen LogP contribution in [0.2, 0.25) is 0 Å². The van der Waals surface area contributed by atoms with E-state index in [1.165, 1.54) is 5.56 Å². The molecule has 0 aliphatic carbocycles. The van der Waals surface area contributed by atoms with Crippen LogP contribution in [0.15, 0.2) is 29.4 Å². The van der Waals surface area contributed by atoms with Crippen LogP contribution in [-0.4, -0.2) is 49.3 Å². The van der Waals surface area contributed by atoms with Gasteiger partial charge in [0.25, 0.3) is 0 Å². The van der Waals surface area contributed by atoms with Crippen molar-refractivity contribution < 1.29 is 14.8 Å². The Hall–Kier alpha value is -2.28. The van der Waals surface area contributed by atoms with Crippen LogP contribution in [0.4, 0.5) is 10.5 Å². The maximum atomic E-state index is 10.5. The van der Waals surface area contributed by atoms with Gasteiger partial charge in [-0.3, -0.25) is 5.21 Å². The molecule has 7 nitrogen and oxygen atoms in total. The van der Waals surface area contributed by atoms with Gasteiger partial charge in [0.05, 0.1) is 6.54 Å².